The lowest BCUT2D eigenvalue weighted by Crippen LogP contribution is -2.50. The van der Waals surface area contributed by atoms with Gasteiger partial charge in [-0.05, 0) is 35.2 Å². The lowest BCUT2D eigenvalue weighted by Gasteiger charge is -2.39. The Kier molecular flexibility index (Phi) is 12.2. The summed E-state index contributed by atoms with van der Waals surface area (Å²) in [6, 6.07) is 15.0. The molecule has 5 rings (SSSR count). The molecular formula is C32H45N5O6. The summed E-state index contributed by atoms with van der Waals surface area (Å²) in [7, 11) is 3.43. The zero-order valence-corrected chi connectivity index (χ0v) is 25.4. The Balaban J connectivity index is 1.27. The van der Waals surface area contributed by atoms with Crippen LogP contribution in [0.25, 0.3) is 0 Å². The molecule has 234 valence electrons. The fraction of sp³-hybridized carbons (Fsp3) is 0.562. The lowest BCUT2D eigenvalue weighted by molar-refractivity contribution is -0.0616. The number of anilines is 1. The van der Waals surface area contributed by atoms with Crippen molar-refractivity contribution in [1.29, 1.82) is 0 Å². The third-order valence-electron chi connectivity index (χ3n) is 7.90. The van der Waals surface area contributed by atoms with Crippen LogP contribution in [0.3, 0.4) is 0 Å². The first-order valence-electron chi connectivity index (χ1n) is 15.2. The maximum Gasteiger partial charge on any atom is 0.142 e. The molecule has 2 aromatic carbocycles. The standard InChI is InChI=1S/C32H45N5O6/c1-38-13-3-10-36-11-14-41-29-9-6-26(18-28(29)36)22-43-31-20-33-19-30(42-15-12-37-24-34-23-35-37)32(31)27-7-4-25(5-8-27)21-40-17-16-39-2/h4-9,18,23-24,30-33H,3,10-17,19-22H2,1-2H3/t30-,31+,32?/m1/s1. The topological polar surface area (TPSA) is 101 Å². The van der Waals surface area contributed by atoms with Crippen LogP contribution in [0.15, 0.2) is 55.1 Å². The third-order valence-corrected chi connectivity index (χ3v) is 7.90. The van der Waals surface area contributed by atoms with E-state index in [0.717, 1.165) is 61.8 Å². The molecule has 1 N–H and O–H groups in total. The fourth-order valence-electron chi connectivity index (χ4n) is 5.67. The van der Waals surface area contributed by atoms with E-state index in [9.17, 15) is 0 Å². The van der Waals surface area contributed by atoms with Crippen LogP contribution < -0.4 is 15.0 Å². The number of hydrogen-bond acceptors (Lipinski definition) is 10. The van der Waals surface area contributed by atoms with E-state index in [1.165, 1.54) is 5.56 Å². The molecule has 2 aliphatic heterocycles. The van der Waals surface area contributed by atoms with Crippen molar-refractivity contribution < 1.29 is 28.4 Å². The van der Waals surface area contributed by atoms with E-state index < -0.39 is 0 Å². The molecular weight excluding hydrogens is 550 g/mol. The minimum absolute atomic E-state index is 0.0562. The quantitative estimate of drug-likeness (QED) is 0.234. The number of benzene rings is 2. The number of piperidine rings is 1. The Labute approximate surface area is 254 Å². The van der Waals surface area contributed by atoms with Crippen LogP contribution in [0, 0.1) is 0 Å². The molecule has 11 heteroatoms. The molecule has 11 nitrogen and oxygen atoms in total. The van der Waals surface area contributed by atoms with Crippen molar-refractivity contribution >= 4 is 5.69 Å². The summed E-state index contributed by atoms with van der Waals surface area (Å²) >= 11 is 0. The molecule has 1 saturated heterocycles. The van der Waals surface area contributed by atoms with Gasteiger partial charge in [-0.2, -0.15) is 5.10 Å². The molecule has 0 aliphatic carbocycles. The molecule has 0 radical (unpaired) electrons. The minimum Gasteiger partial charge on any atom is -0.490 e. The fourth-order valence-corrected chi connectivity index (χ4v) is 5.67. The number of rotatable bonds is 17. The summed E-state index contributed by atoms with van der Waals surface area (Å²) in [5.74, 6) is 0.990. The Morgan fingerprint density at radius 1 is 0.884 bits per heavy atom. The number of methoxy groups -OCH3 is 2. The number of fused-ring (bicyclic) bond motifs is 1. The SMILES string of the molecule is COCCCN1CCOc2ccc(CO[C@H]3CNC[C@@H](OCCn4cncn4)C3c3ccc(COCCOC)cc3)cc21. The molecule has 0 bridgehead atoms. The third kappa shape index (κ3) is 8.98. The Morgan fingerprint density at radius 2 is 1.70 bits per heavy atom. The van der Waals surface area contributed by atoms with E-state index in [2.05, 4.69) is 62.8 Å². The van der Waals surface area contributed by atoms with Gasteiger partial charge in [0, 0.05) is 46.4 Å². The first-order chi connectivity index (χ1) is 21.2. The lowest BCUT2D eigenvalue weighted by atomic mass is 9.85. The van der Waals surface area contributed by atoms with Crippen LogP contribution >= 0.6 is 0 Å². The van der Waals surface area contributed by atoms with Gasteiger partial charge in [0.1, 0.15) is 25.0 Å². The molecule has 3 atom stereocenters. The summed E-state index contributed by atoms with van der Waals surface area (Å²) < 4.78 is 36.9. The predicted octanol–water partition coefficient (Wildman–Crippen LogP) is 3.03. The van der Waals surface area contributed by atoms with Crippen molar-refractivity contribution in [2.24, 2.45) is 0 Å². The van der Waals surface area contributed by atoms with Gasteiger partial charge in [0.15, 0.2) is 0 Å². The first kappa shape index (κ1) is 31.4. The van der Waals surface area contributed by atoms with Crippen LogP contribution in [0.4, 0.5) is 5.69 Å². The first-order valence-corrected chi connectivity index (χ1v) is 15.2. The Hall–Kier alpha value is -3.06. The highest BCUT2D eigenvalue weighted by atomic mass is 16.5. The van der Waals surface area contributed by atoms with Gasteiger partial charge in [-0.1, -0.05) is 30.3 Å². The predicted molar refractivity (Wildman–Crippen MR) is 163 cm³/mol. The van der Waals surface area contributed by atoms with Gasteiger partial charge < -0.3 is 38.6 Å². The maximum atomic E-state index is 6.68. The molecule has 2 aliphatic rings. The number of hydrogen-bond donors (Lipinski definition) is 1. The van der Waals surface area contributed by atoms with Crippen molar-refractivity contribution in [1.82, 2.24) is 20.1 Å². The van der Waals surface area contributed by atoms with Crippen molar-refractivity contribution in [2.45, 2.75) is 44.3 Å². The minimum atomic E-state index is -0.0704. The van der Waals surface area contributed by atoms with Crippen LogP contribution in [0.5, 0.6) is 5.75 Å². The van der Waals surface area contributed by atoms with Gasteiger partial charge in [-0.25, -0.2) is 4.98 Å². The van der Waals surface area contributed by atoms with Gasteiger partial charge in [-0.15, -0.1) is 0 Å². The number of aromatic nitrogens is 3. The molecule has 3 heterocycles. The molecule has 1 aromatic heterocycles. The highest BCUT2D eigenvalue weighted by Gasteiger charge is 2.36. The van der Waals surface area contributed by atoms with Crippen LogP contribution in [0.2, 0.25) is 0 Å². The van der Waals surface area contributed by atoms with Crippen molar-refractivity contribution in [3.05, 3.63) is 71.8 Å². The highest BCUT2D eigenvalue weighted by molar-refractivity contribution is 5.61. The number of nitrogens with zero attached hydrogens (tertiary/aromatic N) is 4. The monoisotopic (exact) mass is 595 g/mol. The molecule has 1 fully saturated rings. The molecule has 0 spiro atoms. The summed E-state index contributed by atoms with van der Waals surface area (Å²) in [5.41, 5.74) is 4.57. The zero-order valence-electron chi connectivity index (χ0n) is 25.4. The van der Waals surface area contributed by atoms with E-state index in [4.69, 9.17) is 28.4 Å². The Bertz CT molecular complexity index is 1210. The largest absolute Gasteiger partial charge is 0.490 e. The number of ether oxygens (including phenoxy) is 6. The second-order valence-corrected chi connectivity index (χ2v) is 10.9. The van der Waals surface area contributed by atoms with Gasteiger partial charge in [-0.3, -0.25) is 4.68 Å². The maximum absolute atomic E-state index is 6.68. The van der Waals surface area contributed by atoms with E-state index in [0.29, 0.717) is 46.2 Å². The van der Waals surface area contributed by atoms with Gasteiger partial charge in [0.25, 0.3) is 0 Å². The summed E-state index contributed by atoms with van der Waals surface area (Å²) in [6.07, 6.45) is 4.10. The zero-order chi connectivity index (χ0) is 29.7. The smallest absolute Gasteiger partial charge is 0.142 e. The van der Waals surface area contributed by atoms with Crippen molar-refractivity contribution in [3.8, 4) is 5.75 Å². The molecule has 0 saturated carbocycles. The highest BCUT2D eigenvalue weighted by Crippen LogP contribution is 2.34. The van der Waals surface area contributed by atoms with E-state index in [-0.39, 0.29) is 18.1 Å². The van der Waals surface area contributed by atoms with Crippen molar-refractivity contribution in [2.75, 3.05) is 78.3 Å². The second kappa shape index (κ2) is 16.7. The summed E-state index contributed by atoms with van der Waals surface area (Å²) in [5, 5.41) is 7.75. The average molecular weight is 596 g/mol. The van der Waals surface area contributed by atoms with E-state index >= 15 is 0 Å². The van der Waals surface area contributed by atoms with Crippen LogP contribution in [0.1, 0.15) is 29.0 Å². The summed E-state index contributed by atoms with van der Waals surface area (Å²) in [4.78, 5) is 6.42. The van der Waals surface area contributed by atoms with Crippen molar-refractivity contribution in [3.63, 3.8) is 0 Å². The average Bonchev–Trinajstić information content (AvgIpc) is 3.56. The summed E-state index contributed by atoms with van der Waals surface area (Å²) in [6.45, 7) is 8.13. The van der Waals surface area contributed by atoms with Crippen LogP contribution in [-0.2, 0) is 43.4 Å². The van der Waals surface area contributed by atoms with Crippen LogP contribution in [-0.4, -0.2) is 100 Å². The molecule has 43 heavy (non-hydrogen) atoms. The van der Waals surface area contributed by atoms with Gasteiger partial charge in [0.2, 0.25) is 0 Å². The Morgan fingerprint density at radius 3 is 2.49 bits per heavy atom. The van der Waals surface area contributed by atoms with Gasteiger partial charge in [0.05, 0.1) is 64.0 Å². The molecule has 3 aromatic rings. The molecule has 0 amide bonds. The van der Waals surface area contributed by atoms with Gasteiger partial charge >= 0.3 is 0 Å². The number of nitrogens with one attached hydrogen (secondary N) is 1. The second-order valence-electron chi connectivity index (χ2n) is 10.9. The normalized spacial score (nSPS) is 20.1. The molecule has 1 unspecified atom stereocenters. The van der Waals surface area contributed by atoms with E-state index in [1.807, 2.05) is 0 Å². The van der Waals surface area contributed by atoms with E-state index in [1.54, 1.807) is 31.6 Å².